The van der Waals surface area contributed by atoms with Gasteiger partial charge in [0.25, 0.3) is 11.8 Å². The van der Waals surface area contributed by atoms with Gasteiger partial charge < -0.3 is 21.5 Å². The number of nitrogens with two attached hydrogens (primary N) is 2. The summed E-state index contributed by atoms with van der Waals surface area (Å²) < 4.78 is 0. The van der Waals surface area contributed by atoms with E-state index >= 15 is 0 Å². The Morgan fingerprint density at radius 2 is 1.97 bits per heavy atom. The Labute approximate surface area is 204 Å². The number of benzene rings is 2. The van der Waals surface area contributed by atoms with Gasteiger partial charge in [0.05, 0.1) is 11.8 Å². The first-order valence-electron chi connectivity index (χ1n) is 11.8. The average Bonchev–Trinajstić information content (AvgIpc) is 3.20. The van der Waals surface area contributed by atoms with Crippen LogP contribution in [0, 0.1) is 0 Å². The maximum Gasteiger partial charge on any atom is 0.273 e. The number of aliphatic imine (C=N–C) groups is 1. The van der Waals surface area contributed by atoms with Crippen LogP contribution in [0.1, 0.15) is 47.7 Å². The standard InChI is InChI=1S/C26H31N5O4/c1-2-10-31(35-16-17-3-7-21(27)8-4-17)26(34)20-12-18-5-6-19(13-23(18)29-24(28)14-20)25(33)30-11-9-22(32)15-30/h3-8,12-13,22,32H,2,9-11,14-16,27H2,1H3,(H2,28,29)/t22-/m0/s1. The van der Waals surface area contributed by atoms with Crippen molar-refractivity contribution in [3.8, 4) is 0 Å². The summed E-state index contributed by atoms with van der Waals surface area (Å²) in [6, 6.07) is 12.5. The van der Waals surface area contributed by atoms with Crippen LogP contribution in [0.4, 0.5) is 11.4 Å². The van der Waals surface area contributed by atoms with Gasteiger partial charge in [-0.15, -0.1) is 0 Å². The van der Waals surface area contributed by atoms with Crippen molar-refractivity contribution in [2.24, 2.45) is 10.7 Å². The fraction of sp³-hybridized carbons (Fsp3) is 0.346. The van der Waals surface area contributed by atoms with Crippen molar-refractivity contribution in [2.45, 2.75) is 38.9 Å². The molecule has 35 heavy (non-hydrogen) atoms. The Hall–Kier alpha value is -3.69. The number of hydrogen-bond donors (Lipinski definition) is 3. The van der Waals surface area contributed by atoms with Gasteiger partial charge in [-0.05, 0) is 48.7 Å². The number of amidine groups is 1. The molecule has 0 unspecified atom stereocenters. The molecule has 2 amide bonds. The van der Waals surface area contributed by atoms with E-state index in [1.807, 2.05) is 19.1 Å². The lowest BCUT2D eigenvalue weighted by Gasteiger charge is -2.22. The lowest BCUT2D eigenvalue weighted by molar-refractivity contribution is -0.187. The molecule has 0 bridgehead atoms. The second-order valence-corrected chi connectivity index (χ2v) is 8.84. The van der Waals surface area contributed by atoms with Crippen molar-refractivity contribution in [1.29, 1.82) is 0 Å². The van der Waals surface area contributed by atoms with E-state index in [4.69, 9.17) is 16.3 Å². The third-order valence-electron chi connectivity index (χ3n) is 5.99. The summed E-state index contributed by atoms with van der Waals surface area (Å²) in [6.07, 6.45) is 2.73. The van der Waals surface area contributed by atoms with Gasteiger partial charge in [-0.3, -0.25) is 14.4 Å². The predicted molar refractivity (Wildman–Crippen MR) is 134 cm³/mol. The van der Waals surface area contributed by atoms with Crippen LogP contribution in [0.3, 0.4) is 0 Å². The summed E-state index contributed by atoms with van der Waals surface area (Å²) in [7, 11) is 0. The monoisotopic (exact) mass is 477 g/mol. The fourth-order valence-corrected chi connectivity index (χ4v) is 4.12. The van der Waals surface area contributed by atoms with Crippen LogP contribution in [-0.4, -0.2) is 58.5 Å². The van der Waals surface area contributed by atoms with Crippen LogP contribution < -0.4 is 11.5 Å². The molecular formula is C26H31N5O4. The molecule has 0 aliphatic carbocycles. The van der Waals surface area contributed by atoms with Crippen molar-refractivity contribution in [1.82, 2.24) is 9.96 Å². The van der Waals surface area contributed by atoms with E-state index in [0.717, 1.165) is 12.0 Å². The molecular weight excluding hydrogens is 446 g/mol. The third kappa shape index (κ3) is 5.87. The second kappa shape index (κ2) is 10.7. The highest BCUT2D eigenvalue weighted by atomic mass is 16.7. The zero-order valence-corrected chi connectivity index (χ0v) is 19.8. The number of carbonyl (C=O) groups is 2. The molecule has 0 saturated carbocycles. The van der Waals surface area contributed by atoms with Crippen molar-refractivity contribution >= 4 is 35.1 Å². The molecule has 5 N–H and O–H groups in total. The van der Waals surface area contributed by atoms with Crippen molar-refractivity contribution < 1.29 is 19.5 Å². The quantitative estimate of drug-likeness (QED) is 0.415. The number of nitrogen functional groups attached to an aromatic ring is 1. The largest absolute Gasteiger partial charge is 0.399 e. The van der Waals surface area contributed by atoms with Gasteiger partial charge in [-0.25, -0.2) is 10.1 Å². The number of fused-ring (bicyclic) bond motifs is 1. The van der Waals surface area contributed by atoms with Crippen LogP contribution in [0.5, 0.6) is 0 Å². The summed E-state index contributed by atoms with van der Waals surface area (Å²) in [5.41, 5.74) is 15.6. The first-order valence-corrected chi connectivity index (χ1v) is 11.8. The molecule has 1 saturated heterocycles. The number of amides is 2. The van der Waals surface area contributed by atoms with Gasteiger partial charge in [0, 0.05) is 48.4 Å². The summed E-state index contributed by atoms with van der Waals surface area (Å²) in [5.74, 6) is -0.160. The minimum absolute atomic E-state index is 0.159. The average molecular weight is 478 g/mol. The van der Waals surface area contributed by atoms with Crippen LogP contribution in [0.15, 0.2) is 53.0 Å². The van der Waals surface area contributed by atoms with Crippen molar-refractivity contribution in [3.05, 3.63) is 64.7 Å². The van der Waals surface area contributed by atoms with Gasteiger partial charge in [-0.1, -0.05) is 25.1 Å². The maximum absolute atomic E-state index is 13.4. The maximum atomic E-state index is 13.4. The molecule has 0 aromatic heterocycles. The molecule has 2 aliphatic rings. The highest BCUT2D eigenvalue weighted by Gasteiger charge is 2.27. The van der Waals surface area contributed by atoms with Crippen molar-refractivity contribution in [3.63, 3.8) is 0 Å². The smallest absolute Gasteiger partial charge is 0.273 e. The van der Waals surface area contributed by atoms with Crippen molar-refractivity contribution in [2.75, 3.05) is 25.4 Å². The molecule has 9 heteroatoms. The first-order chi connectivity index (χ1) is 16.8. The van der Waals surface area contributed by atoms with Crippen LogP contribution in [-0.2, 0) is 16.2 Å². The molecule has 0 spiro atoms. The van der Waals surface area contributed by atoms with Gasteiger partial charge in [-0.2, -0.15) is 0 Å². The van der Waals surface area contributed by atoms with E-state index < -0.39 is 6.10 Å². The molecule has 184 valence electrons. The SMILES string of the molecule is CCCN(OCc1ccc(N)cc1)C(=O)C1=Cc2ccc(C(=O)N3CC[C@H](O)C3)cc2N=C(N)C1. The zero-order chi connectivity index (χ0) is 24.9. The number of carbonyl (C=O) groups excluding carboxylic acids is 2. The molecule has 1 atom stereocenters. The fourth-order valence-electron chi connectivity index (χ4n) is 4.12. The van der Waals surface area contributed by atoms with E-state index in [9.17, 15) is 14.7 Å². The third-order valence-corrected chi connectivity index (χ3v) is 5.99. The molecule has 9 nitrogen and oxygen atoms in total. The number of nitrogens with zero attached hydrogens (tertiary/aromatic N) is 3. The summed E-state index contributed by atoms with van der Waals surface area (Å²) in [6.45, 7) is 3.46. The summed E-state index contributed by atoms with van der Waals surface area (Å²) in [5, 5.41) is 11.1. The lowest BCUT2D eigenvalue weighted by atomic mass is 10.0. The van der Waals surface area contributed by atoms with E-state index in [1.165, 1.54) is 5.06 Å². The van der Waals surface area contributed by atoms with E-state index in [2.05, 4.69) is 4.99 Å². The molecule has 2 heterocycles. The van der Waals surface area contributed by atoms with E-state index in [-0.39, 0.29) is 30.7 Å². The van der Waals surface area contributed by atoms with Gasteiger partial charge in [0.15, 0.2) is 0 Å². The lowest BCUT2D eigenvalue weighted by Crippen LogP contribution is -2.34. The van der Waals surface area contributed by atoms with Crippen LogP contribution >= 0.6 is 0 Å². The molecule has 0 radical (unpaired) electrons. The number of hydrogen-bond acceptors (Lipinski definition) is 7. The molecule has 2 aromatic carbocycles. The summed E-state index contributed by atoms with van der Waals surface area (Å²) in [4.78, 5) is 38.1. The number of rotatable bonds is 7. The highest BCUT2D eigenvalue weighted by molar-refractivity contribution is 6.05. The summed E-state index contributed by atoms with van der Waals surface area (Å²) >= 11 is 0. The number of aliphatic hydroxyl groups excluding tert-OH is 1. The molecule has 4 rings (SSSR count). The Kier molecular flexibility index (Phi) is 7.48. The van der Waals surface area contributed by atoms with Gasteiger partial charge >= 0.3 is 0 Å². The zero-order valence-electron chi connectivity index (χ0n) is 19.8. The van der Waals surface area contributed by atoms with Crippen LogP contribution in [0.25, 0.3) is 6.08 Å². The second-order valence-electron chi connectivity index (χ2n) is 8.84. The number of aliphatic hydroxyl groups is 1. The normalized spacial score (nSPS) is 17.3. The highest BCUT2D eigenvalue weighted by Crippen LogP contribution is 2.29. The number of hydroxylamine groups is 2. The first kappa shape index (κ1) is 24.4. The molecule has 2 aromatic rings. The minimum atomic E-state index is -0.488. The van der Waals surface area contributed by atoms with E-state index in [0.29, 0.717) is 54.1 Å². The van der Waals surface area contributed by atoms with E-state index in [1.54, 1.807) is 41.3 Å². The van der Waals surface area contributed by atoms with Crippen LogP contribution in [0.2, 0.25) is 0 Å². The topological polar surface area (TPSA) is 134 Å². The predicted octanol–water partition coefficient (Wildman–Crippen LogP) is 2.62. The van der Waals surface area contributed by atoms with Gasteiger partial charge in [0.1, 0.15) is 12.4 Å². The number of likely N-dealkylation sites (tertiary alicyclic amines) is 1. The molecule has 1 fully saturated rings. The Morgan fingerprint density at radius 1 is 1.20 bits per heavy atom. The number of anilines is 1. The Bertz CT molecular complexity index is 1160. The van der Waals surface area contributed by atoms with Gasteiger partial charge in [0.2, 0.25) is 0 Å². The number of β-amino-alcohol motifs (C(OH)–C–C–N with tert-alkyl or cyclic N) is 1. The Balaban J connectivity index is 1.53. The minimum Gasteiger partial charge on any atom is -0.399 e. The molecule has 2 aliphatic heterocycles. The Morgan fingerprint density at radius 3 is 2.66 bits per heavy atom.